The van der Waals surface area contributed by atoms with E-state index in [0.29, 0.717) is 13.1 Å². The number of nitrogens with zero attached hydrogens (tertiary/aromatic N) is 2. The Bertz CT molecular complexity index is 994. The third kappa shape index (κ3) is 13.0. The van der Waals surface area contributed by atoms with Gasteiger partial charge in [0.2, 0.25) is 12.9 Å². The summed E-state index contributed by atoms with van der Waals surface area (Å²) in [6, 6.07) is 16.5. The maximum atomic E-state index is 12.3. The summed E-state index contributed by atoms with van der Waals surface area (Å²) < 4.78 is 61.3. The van der Waals surface area contributed by atoms with Crippen LogP contribution in [-0.2, 0) is 10.8 Å². The lowest BCUT2D eigenvalue weighted by Gasteiger charge is -2.33. The Morgan fingerprint density at radius 2 is 0.955 bits per heavy atom. The van der Waals surface area contributed by atoms with Crippen molar-refractivity contribution in [2.75, 3.05) is 39.3 Å². The van der Waals surface area contributed by atoms with Crippen LogP contribution in [0.2, 0.25) is 0 Å². The molecule has 0 bridgehead atoms. The van der Waals surface area contributed by atoms with Crippen molar-refractivity contribution in [2.24, 2.45) is 0 Å². The number of alkyl halides is 4. The van der Waals surface area contributed by atoms with Gasteiger partial charge in [-0.25, -0.2) is 17.6 Å². The van der Waals surface area contributed by atoms with Crippen molar-refractivity contribution in [1.29, 1.82) is 0 Å². The molecule has 4 nitrogen and oxygen atoms in total. The predicted molar refractivity (Wildman–Crippen MR) is 172 cm³/mol. The average molecular weight is 623 g/mol. The number of piperidine rings is 2. The molecule has 2 atom stereocenters. The maximum absolute atomic E-state index is 12.3. The van der Waals surface area contributed by atoms with Crippen LogP contribution in [0.25, 0.3) is 0 Å². The van der Waals surface area contributed by atoms with Gasteiger partial charge in [0.1, 0.15) is 23.7 Å². The van der Waals surface area contributed by atoms with Gasteiger partial charge in [0, 0.05) is 39.0 Å². The zero-order valence-electron chi connectivity index (χ0n) is 27.6. The molecule has 0 aromatic heterocycles. The highest BCUT2D eigenvalue weighted by atomic mass is 19.3. The lowest BCUT2D eigenvalue weighted by atomic mass is 9.87. The van der Waals surface area contributed by atoms with E-state index >= 15 is 0 Å². The fourth-order valence-corrected chi connectivity index (χ4v) is 5.64. The molecule has 2 heterocycles. The highest BCUT2D eigenvalue weighted by Gasteiger charge is 2.24. The molecule has 0 aliphatic carbocycles. The highest BCUT2D eigenvalue weighted by Crippen LogP contribution is 2.27. The normalized spacial score (nSPS) is 20.4. The summed E-state index contributed by atoms with van der Waals surface area (Å²) in [7, 11) is 0. The van der Waals surface area contributed by atoms with Crippen molar-refractivity contribution < 1.29 is 27.0 Å². The van der Waals surface area contributed by atoms with Crippen molar-refractivity contribution in [2.45, 2.75) is 116 Å². The third-order valence-corrected chi connectivity index (χ3v) is 8.30. The van der Waals surface area contributed by atoms with E-state index in [1.54, 1.807) is 0 Å². The van der Waals surface area contributed by atoms with Crippen LogP contribution in [0, 0.1) is 0 Å². The number of rotatable bonds is 10. The molecule has 2 fully saturated rings. The first-order chi connectivity index (χ1) is 20.7. The largest absolute Gasteiger partial charge is 0.489 e. The Hall–Kier alpha value is -2.32. The van der Waals surface area contributed by atoms with Crippen LogP contribution < -0.4 is 9.47 Å². The summed E-state index contributed by atoms with van der Waals surface area (Å²) in [6.07, 6.45) is -0.323. The van der Waals surface area contributed by atoms with Crippen LogP contribution in [0.5, 0.6) is 11.5 Å². The topological polar surface area (TPSA) is 24.9 Å². The van der Waals surface area contributed by atoms with E-state index in [9.17, 15) is 17.6 Å². The summed E-state index contributed by atoms with van der Waals surface area (Å²) in [6.45, 7) is 17.3. The molecule has 4 rings (SSSR count). The fraction of sp³-hybridized carbons (Fsp3) is 0.667. The predicted octanol–water partition coefficient (Wildman–Crippen LogP) is 8.97. The highest BCUT2D eigenvalue weighted by molar-refractivity contribution is 5.32. The number of likely N-dealkylation sites (tertiary alicyclic amines) is 2. The lowest BCUT2D eigenvalue weighted by molar-refractivity contribution is 0.0661. The zero-order chi connectivity index (χ0) is 32.3. The van der Waals surface area contributed by atoms with E-state index in [4.69, 9.17) is 9.47 Å². The first-order valence-electron chi connectivity index (χ1n) is 16.2. The monoisotopic (exact) mass is 622 g/mol. The molecular weight excluding hydrogens is 568 g/mol. The minimum atomic E-state index is -2.22. The summed E-state index contributed by atoms with van der Waals surface area (Å²) in [5.74, 6) is 1.74. The quantitative estimate of drug-likeness (QED) is 0.247. The van der Waals surface area contributed by atoms with Crippen molar-refractivity contribution >= 4 is 0 Å². The second kappa shape index (κ2) is 16.8. The molecule has 0 N–H and O–H groups in total. The van der Waals surface area contributed by atoms with Gasteiger partial charge >= 0.3 is 0 Å². The summed E-state index contributed by atoms with van der Waals surface area (Å²) in [5, 5.41) is 0. The van der Waals surface area contributed by atoms with Crippen molar-refractivity contribution in [3.05, 3.63) is 59.7 Å². The van der Waals surface area contributed by atoms with Gasteiger partial charge in [-0.15, -0.1) is 0 Å². The Balaban J connectivity index is 0.000000240. The van der Waals surface area contributed by atoms with Gasteiger partial charge in [-0.3, -0.25) is 9.80 Å². The van der Waals surface area contributed by atoms with Crippen LogP contribution in [0.4, 0.5) is 17.6 Å². The fourth-order valence-electron chi connectivity index (χ4n) is 5.64. The van der Waals surface area contributed by atoms with Crippen LogP contribution in [0.1, 0.15) is 91.2 Å². The van der Waals surface area contributed by atoms with Crippen molar-refractivity contribution in [3.63, 3.8) is 0 Å². The molecule has 248 valence electrons. The molecule has 0 radical (unpaired) electrons. The second-order valence-electron chi connectivity index (χ2n) is 14.3. The maximum Gasteiger partial charge on any atom is 0.239 e. The van der Waals surface area contributed by atoms with E-state index < -0.39 is 12.9 Å². The van der Waals surface area contributed by atoms with E-state index in [1.807, 2.05) is 24.3 Å². The number of benzene rings is 2. The van der Waals surface area contributed by atoms with Gasteiger partial charge in [0.05, 0.1) is 0 Å². The Labute approximate surface area is 263 Å². The van der Waals surface area contributed by atoms with Crippen LogP contribution in [0.15, 0.2) is 48.5 Å². The summed E-state index contributed by atoms with van der Waals surface area (Å²) in [5.41, 5.74) is 2.83. The lowest BCUT2D eigenvalue weighted by Crippen LogP contribution is -2.41. The molecule has 8 heteroatoms. The van der Waals surface area contributed by atoms with Crippen LogP contribution in [-0.4, -0.2) is 74.1 Å². The van der Waals surface area contributed by atoms with E-state index in [1.165, 1.54) is 11.1 Å². The molecule has 2 aromatic rings. The first-order valence-corrected chi connectivity index (χ1v) is 16.2. The molecule has 2 aromatic carbocycles. The molecule has 44 heavy (non-hydrogen) atoms. The molecule has 0 saturated carbocycles. The van der Waals surface area contributed by atoms with Crippen LogP contribution in [0.3, 0.4) is 0 Å². The molecule has 0 amide bonds. The number of ether oxygens (including phenoxy) is 2. The van der Waals surface area contributed by atoms with E-state index in [2.05, 4.69) is 75.6 Å². The standard InChI is InChI=1S/2C18H27F2NO/c2*1-18(2,3)14-6-8-15(9-7-14)22-16-5-4-11-21(13-16)12-10-17(19)20/h2*6-9,16-17H,4-5,10-13H2,1-3H3/t2*16-/m10/s1. The van der Waals surface area contributed by atoms with Crippen molar-refractivity contribution in [3.8, 4) is 11.5 Å². The Morgan fingerprint density at radius 1 is 0.614 bits per heavy atom. The molecule has 0 unspecified atom stereocenters. The van der Waals surface area contributed by atoms with E-state index in [-0.39, 0.29) is 35.9 Å². The summed E-state index contributed by atoms with van der Waals surface area (Å²) >= 11 is 0. The molecule has 2 aliphatic heterocycles. The van der Waals surface area contributed by atoms with E-state index in [0.717, 1.165) is 63.4 Å². The number of hydrogen-bond acceptors (Lipinski definition) is 4. The minimum absolute atomic E-state index is 0.0486. The zero-order valence-corrected chi connectivity index (χ0v) is 27.6. The number of hydrogen-bond donors (Lipinski definition) is 0. The Kier molecular flexibility index (Phi) is 13.8. The van der Waals surface area contributed by atoms with Crippen molar-refractivity contribution in [1.82, 2.24) is 9.80 Å². The number of halogens is 4. The first kappa shape index (κ1) is 36.2. The van der Waals surface area contributed by atoms with Crippen LogP contribution >= 0.6 is 0 Å². The van der Waals surface area contributed by atoms with Gasteiger partial charge in [0.25, 0.3) is 0 Å². The molecule has 0 spiro atoms. The van der Waals surface area contributed by atoms with Gasteiger partial charge in [-0.1, -0.05) is 65.8 Å². The molecular formula is C36H54F4N2O2. The van der Waals surface area contributed by atoms with Gasteiger partial charge in [-0.05, 0) is 85.0 Å². The smallest absolute Gasteiger partial charge is 0.239 e. The second-order valence-corrected chi connectivity index (χ2v) is 14.3. The van der Waals surface area contributed by atoms with Gasteiger partial charge in [0.15, 0.2) is 0 Å². The average Bonchev–Trinajstić information content (AvgIpc) is 2.95. The third-order valence-electron chi connectivity index (χ3n) is 8.30. The Morgan fingerprint density at radius 3 is 1.25 bits per heavy atom. The minimum Gasteiger partial charge on any atom is -0.489 e. The molecule has 2 aliphatic rings. The van der Waals surface area contributed by atoms with Gasteiger partial charge < -0.3 is 9.47 Å². The SMILES string of the molecule is CC(C)(C)c1ccc(O[C@@H]2CCCN(CCC(F)F)C2)cc1.CC(C)(C)c1ccc(O[C@H]2CCCN(CCC(F)F)C2)cc1. The molecule has 2 saturated heterocycles. The van der Waals surface area contributed by atoms with Gasteiger partial charge in [-0.2, -0.15) is 0 Å². The summed E-state index contributed by atoms with van der Waals surface area (Å²) in [4.78, 5) is 4.17.